The van der Waals surface area contributed by atoms with E-state index in [4.69, 9.17) is 4.52 Å². The van der Waals surface area contributed by atoms with Crippen molar-refractivity contribution in [2.75, 3.05) is 6.54 Å². The van der Waals surface area contributed by atoms with Crippen LogP contribution in [0.4, 0.5) is 13.2 Å². The van der Waals surface area contributed by atoms with E-state index < -0.39 is 30.2 Å². The lowest BCUT2D eigenvalue weighted by atomic mass is 10.3. The zero-order valence-electron chi connectivity index (χ0n) is 9.17. The predicted octanol–water partition coefficient (Wildman–Crippen LogP) is 0.989. The molecular weight excluding hydrogens is 241 g/mol. The van der Waals surface area contributed by atoms with Crippen molar-refractivity contribution in [3.05, 3.63) is 22.2 Å². The van der Waals surface area contributed by atoms with Gasteiger partial charge in [0.25, 0.3) is 5.56 Å². The average Bonchev–Trinajstić information content (AvgIpc) is 2.52. The lowest BCUT2D eigenvalue weighted by molar-refractivity contribution is -0.141. The van der Waals surface area contributed by atoms with Crippen LogP contribution >= 0.6 is 0 Å². The van der Waals surface area contributed by atoms with Crippen molar-refractivity contribution in [3.8, 4) is 0 Å². The maximum Gasteiger partial charge on any atom is 0.405 e. The summed E-state index contributed by atoms with van der Waals surface area (Å²) < 4.78 is 41.2. The van der Waals surface area contributed by atoms with Crippen molar-refractivity contribution >= 4 is 5.91 Å². The highest BCUT2D eigenvalue weighted by Gasteiger charge is 2.29. The quantitative estimate of drug-likeness (QED) is 0.872. The third-order valence-corrected chi connectivity index (χ3v) is 1.98. The number of aromatic nitrogens is 1. The first-order valence-electron chi connectivity index (χ1n) is 4.74. The summed E-state index contributed by atoms with van der Waals surface area (Å²) in [5, 5.41) is 1.67. The SMILES string of the molecule is Cc1cc(=O)n([C@@H](C)C(=O)NCC(F)(F)F)o1. The molecule has 1 amide bonds. The van der Waals surface area contributed by atoms with E-state index in [1.807, 2.05) is 0 Å². The van der Waals surface area contributed by atoms with Gasteiger partial charge in [-0.2, -0.15) is 17.9 Å². The van der Waals surface area contributed by atoms with Crippen LogP contribution in [0.15, 0.2) is 15.4 Å². The standard InChI is InChI=1S/C9H11F3N2O3/c1-5-3-7(15)14(17-5)6(2)8(16)13-4-9(10,11)12/h3,6H,4H2,1-2H3,(H,13,16)/t6-/m0/s1. The van der Waals surface area contributed by atoms with E-state index in [9.17, 15) is 22.8 Å². The number of nitrogens with one attached hydrogen (secondary N) is 1. The number of nitrogens with zero attached hydrogens (tertiary/aromatic N) is 1. The Labute approximate surface area is 94.2 Å². The molecule has 0 bridgehead atoms. The predicted molar refractivity (Wildman–Crippen MR) is 51.5 cm³/mol. The van der Waals surface area contributed by atoms with Crippen LogP contribution in [-0.4, -0.2) is 23.4 Å². The molecule has 8 heteroatoms. The molecule has 0 unspecified atom stereocenters. The summed E-state index contributed by atoms with van der Waals surface area (Å²) in [5.74, 6) is -0.649. The molecule has 1 aromatic rings. The number of aryl methyl sites for hydroxylation is 1. The molecule has 5 nitrogen and oxygen atoms in total. The van der Waals surface area contributed by atoms with Crippen molar-refractivity contribution in [2.24, 2.45) is 0 Å². The molecule has 1 N–H and O–H groups in total. The maximum absolute atomic E-state index is 11.9. The van der Waals surface area contributed by atoms with Gasteiger partial charge in [-0.3, -0.25) is 9.59 Å². The summed E-state index contributed by atoms with van der Waals surface area (Å²) in [6.07, 6.45) is -4.49. The largest absolute Gasteiger partial charge is 0.405 e. The number of alkyl halides is 3. The van der Waals surface area contributed by atoms with E-state index in [1.54, 1.807) is 5.32 Å². The lowest BCUT2D eigenvalue weighted by Crippen LogP contribution is -2.39. The first kappa shape index (κ1) is 13.3. The van der Waals surface area contributed by atoms with Gasteiger partial charge in [-0.05, 0) is 13.8 Å². The summed E-state index contributed by atoms with van der Waals surface area (Å²) in [6, 6.07) is 0.0200. The van der Waals surface area contributed by atoms with Crippen LogP contribution in [0.5, 0.6) is 0 Å². The number of amides is 1. The second-order valence-corrected chi connectivity index (χ2v) is 3.52. The molecule has 0 aliphatic carbocycles. The molecule has 0 saturated heterocycles. The van der Waals surface area contributed by atoms with Gasteiger partial charge in [0.2, 0.25) is 5.91 Å². The van der Waals surface area contributed by atoms with Crippen molar-refractivity contribution in [3.63, 3.8) is 0 Å². The molecule has 0 aliphatic rings. The number of halogens is 3. The fraction of sp³-hybridized carbons (Fsp3) is 0.556. The minimum Gasteiger partial charge on any atom is -0.380 e. The van der Waals surface area contributed by atoms with E-state index in [0.717, 1.165) is 10.8 Å². The van der Waals surface area contributed by atoms with Crippen LogP contribution < -0.4 is 10.9 Å². The van der Waals surface area contributed by atoms with Gasteiger partial charge in [0.1, 0.15) is 18.3 Å². The molecule has 0 spiro atoms. The van der Waals surface area contributed by atoms with Crippen molar-refractivity contribution in [1.82, 2.24) is 10.1 Å². The number of rotatable bonds is 3. The first-order valence-corrected chi connectivity index (χ1v) is 4.74. The minimum atomic E-state index is -4.49. The Kier molecular flexibility index (Phi) is 3.64. The van der Waals surface area contributed by atoms with E-state index >= 15 is 0 Å². The minimum absolute atomic E-state index is 0.283. The highest BCUT2D eigenvalue weighted by molar-refractivity contribution is 5.79. The van der Waals surface area contributed by atoms with Gasteiger partial charge < -0.3 is 9.84 Å². The molecule has 0 fully saturated rings. The van der Waals surface area contributed by atoms with Gasteiger partial charge in [0.15, 0.2) is 0 Å². The molecule has 0 aliphatic heterocycles. The fourth-order valence-corrected chi connectivity index (χ4v) is 1.18. The zero-order chi connectivity index (χ0) is 13.2. The molecule has 1 atom stereocenters. The molecule has 96 valence electrons. The van der Waals surface area contributed by atoms with Crippen molar-refractivity contribution in [2.45, 2.75) is 26.1 Å². The second kappa shape index (κ2) is 4.64. The average molecular weight is 252 g/mol. The van der Waals surface area contributed by atoms with E-state index in [0.29, 0.717) is 0 Å². The lowest BCUT2D eigenvalue weighted by Gasteiger charge is -2.12. The molecule has 1 aromatic heterocycles. The molecule has 1 rings (SSSR count). The molecular formula is C9H11F3N2O3. The second-order valence-electron chi connectivity index (χ2n) is 3.52. The normalized spacial score (nSPS) is 13.5. The molecule has 0 radical (unpaired) electrons. The number of carbonyl (C=O) groups is 1. The van der Waals surface area contributed by atoms with E-state index in [2.05, 4.69) is 0 Å². The van der Waals surface area contributed by atoms with Gasteiger partial charge >= 0.3 is 6.18 Å². The number of hydrogen-bond donors (Lipinski definition) is 1. The summed E-state index contributed by atoms with van der Waals surface area (Å²) in [6.45, 7) is 1.33. The van der Waals surface area contributed by atoms with Gasteiger partial charge in [-0.1, -0.05) is 0 Å². The summed E-state index contributed by atoms with van der Waals surface area (Å²) >= 11 is 0. The third kappa shape index (κ3) is 3.65. The first-order chi connectivity index (χ1) is 7.70. The van der Waals surface area contributed by atoms with Crippen LogP contribution in [0.1, 0.15) is 18.7 Å². The van der Waals surface area contributed by atoms with Gasteiger partial charge in [-0.25, -0.2) is 0 Å². The molecule has 17 heavy (non-hydrogen) atoms. The molecule has 0 saturated carbocycles. The van der Waals surface area contributed by atoms with Crippen molar-refractivity contribution in [1.29, 1.82) is 0 Å². The smallest absolute Gasteiger partial charge is 0.380 e. The van der Waals surface area contributed by atoms with E-state index in [-0.39, 0.29) is 5.76 Å². The Morgan fingerprint density at radius 3 is 2.59 bits per heavy atom. The number of carbonyl (C=O) groups excluding carboxylic acids is 1. The van der Waals surface area contributed by atoms with Gasteiger partial charge in [0, 0.05) is 6.07 Å². The van der Waals surface area contributed by atoms with Crippen LogP contribution in [0.3, 0.4) is 0 Å². The monoisotopic (exact) mass is 252 g/mol. The number of hydrogen-bond acceptors (Lipinski definition) is 3. The Morgan fingerprint density at radius 2 is 2.18 bits per heavy atom. The third-order valence-electron chi connectivity index (χ3n) is 1.98. The van der Waals surface area contributed by atoms with Crippen LogP contribution in [-0.2, 0) is 4.79 Å². The Hall–Kier alpha value is -1.73. The summed E-state index contributed by atoms with van der Waals surface area (Å²) in [7, 11) is 0. The Morgan fingerprint density at radius 1 is 1.59 bits per heavy atom. The van der Waals surface area contributed by atoms with E-state index in [1.165, 1.54) is 13.8 Å². The Balaban J connectivity index is 2.71. The van der Waals surface area contributed by atoms with Crippen LogP contribution in [0.25, 0.3) is 0 Å². The van der Waals surface area contributed by atoms with Crippen LogP contribution in [0.2, 0.25) is 0 Å². The highest BCUT2D eigenvalue weighted by atomic mass is 19.4. The summed E-state index contributed by atoms with van der Waals surface area (Å²) in [5.41, 5.74) is -0.572. The topological polar surface area (TPSA) is 64.2 Å². The van der Waals surface area contributed by atoms with Gasteiger partial charge in [0.05, 0.1) is 0 Å². The van der Waals surface area contributed by atoms with Crippen LogP contribution in [0, 0.1) is 6.92 Å². The molecule has 0 aromatic carbocycles. The fourth-order valence-electron chi connectivity index (χ4n) is 1.18. The van der Waals surface area contributed by atoms with Crippen molar-refractivity contribution < 1.29 is 22.5 Å². The highest BCUT2D eigenvalue weighted by Crippen LogP contribution is 2.13. The molecule has 1 heterocycles. The van der Waals surface area contributed by atoms with Gasteiger partial charge in [-0.15, -0.1) is 0 Å². The zero-order valence-corrected chi connectivity index (χ0v) is 9.17. The Bertz CT molecular complexity index is 461. The maximum atomic E-state index is 11.9. The summed E-state index contributed by atoms with van der Waals surface area (Å²) in [4.78, 5) is 22.6.